The van der Waals surface area contributed by atoms with Gasteiger partial charge in [0.25, 0.3) is 0 Å². The molecule has 0 aromatic rings. The van der Waals surface area contributed by atoms with Gasteiger partial charge in [-0.05, 0) is 12.8 Å². The number of hydrogen-bond acceptors (Lipinski definition) is 2. The van der Waals surface area contributed by atoms with Crippen molar-refractivity contribution in [1.82, 2.24) is 0 Å². The molecule has 12 heavy (non-hydrogen) atoms. The van der Waals surface area contributed by atoms with Gasteiger partial charge in [0.05, 0.1) is 4.83 Å². The largest absolute Gasteiger partial charge is 0.365 e. The normalized spacial score (nSPS) is 37.0. The van der Waals surface area contributed by atoms with Crippen LogP contribution in [-0.4, -0.2) is 25.7 Å². The summed E-state index contributed by atoms with van der Waals surface area (Å²) < 4.78 is 0. The number of alkyl halides is 2. The van der Waals surface area contributed by atoms with E-state index in [1.165, 1.54) is 0 Å². The Hall–Kier alpha value is 0.880. The van der Waals surface area contributed by atoms with E-state index in [1.807, 2.05) is 0 Å². The predicted molar refractivity (Wildman–Crippen MR) is 55.7 cm³/mol. The van der Waals surface area contributed by atoms with Crippen LogP contribution in [0, 0.1) is 0 Å². The molecule has 0 aliphatic heterocycles. The highest BCUT2D eigenvalue weighted by atomic mass is 79.9. The topological polar surface area (TPSA) is 40.5 Å². The first-order valence-corrected chi connectivity index (χ1v) is 6.10. The average molecular weight is 302 g/mol. The average Bonchev–Trinajstić information content (AvgIpc) is 2.00. The molecular weight excluding hydrogens is 288 g/mol. The molecule has 1 aliphatic rings. The summed E-state index contributed by atoms with van der Waals surface area (Å²) in [5.41, 5.74) is 0. The van der Waals surface area contributed by atoms with Crippen LogP contribution in [0.5, 0.6) is 0 Å². The first-order chi connectivity index (χ1) is 5.54. The lowest BCUT2D eigenvalue weighted by Crippen LogP contribution is -2.44. The van der Waals surface area contributed by atoms with Crippen LogP contribution in [0.15, 0.2) is 0 Å². The molecule has 0 heterocycles. The maximum absolute atomic E-state index is 9.60. The van der Waals surface area contributed by atoms with Crippen LogP contribution in [0.2, 0.25) is 0 Å². The van der Waals surface area contributed by atoms with Gasteiger partial charge in [0.2, 0.25) is 0 Å². The maximum atomic E-state index is 9.60. The van der Waals surface area contributed by atoms with E-state index in [-0.39, 0.29) is 9.65 Å². The Morgan fingerprint density at radius 3 is 2.42 bits per heavy atom. The molecule has 72 valence electrons. The molecule has 4 heteroatoms. The first kappa shape index (κ1) is 11.0. The van der Waals surface area contributed by atoms with E-state index in [4.69, 9.17) is 0 Å². The molecule has 2 unspecified atom stereocenters. The van der Waals surface area contributed by atoms with Crippen LogP contribution < -0.4 is 0 Å². The van der Waals surface area contributed by atoms with Crippen molar-refractivity contribution < 1.29 is 10.2 Å². The third-order valence-electron chi connectivity index (χ3n) is 2.28. The van der Waals surface area contributed by atoms with Gasteiger partial charge in [-0.1, -0.05) is 44.7 Å². The molecule has 2 nitrogen and oxygen atoms in total. The smallest absolute Gasteiger partial charge is 0.176 e. The number of hydrogen-bond donors (Lipinski definition) is 2. The zero-order valence-corrected chi connectivity index (χ0v) is 10.0. The first-order valence-electron chi connectivity index (χ1n) is 4.27. The van der Waals surface area contributed by atoms with Gasteiger partial charge in [-0.25, -0.2) is 0 Å². The monoisotopic (exact) mass is 300 g/mol. The molecule has 1 aliphatic carbocycles. The van der Waals surface area contributed by atoms with Crippen molar-refractivity contribution in [2.75, 3.05) is 0 Å². The zero-order valence-electron chi connectivity index (χ0n) is 6.84. The molecule has 2 atom stereocenters. The summed E-state index contributed by atoms with van der Waals surface area (Å²) in [7, 11) is 0. The van der Waals surface area contributed by atoms with Crippen molar-refractivity contribution in [3.63, 3.8) is 0 Å². The van der Waals surface area contributed by atoms with Crippen molar-refractivity contribution >= 4 is 31.9 Å². The lowest BCUT2D eigenvalue weighted by atomic mass is 9.96. The highest BCUT2D eigenvalue weighted by molar-refractivity contribution is 9.12. The molecule has 0 radical (unpaired) electrons. The lowest BCUT2D eigenvalue weighted by Gasteiger charge is -2.32. The quantitative estimate of drug-likeness (QED) is 0.532. The Balaban J connectivity index is 2.60. The molecular formula is C8H14Br2O2. The SMILES string of the molecule is OC1(O)CCCCCC(Br)C1Br. The third kappa shape index (κ3) is 2.69. The van der Waals surface area contributed by atoms with Crippen molar-refractivity contribution in [2.24, 2.45) is 0 Å². The highest BCUT2D eigenvalue weighted by Crippen LogP contribution is 2.33. The van der Waals surface area contributed by atoms with E-state index in [0.29, 0.717) is 6.42 Å². The molecule has 0 aromatic carbocycles. The fourth-order valence-corrected chi connectivity index (χ4v) is 2.72. The molecule has 0 bridgehead atoms. The summed E-state index contributed by atoms with van der Waals surface area (Å²) in [6, 6.07) is 0. The Morgan fingerprint density at radius 1 is 1.08 bits per heavy atom. The number of aliphatic hydroxyl groups is 2. The standard InChI is InChI=1S/C8H14Br2O2/c9-6-4-2-1-3-5-8(11,12)7(6)10/h6-7,11-12H,1-5H2. The highest BCUT2D eigenvalue weighted by Gasteiger charge is 2.37. The zero-order chi connectivity index (χ0) is 9.19. The van der Waals surface area contributed by atoms with Crippen molar-refractivity contribution in [2.45, 2.75) is 47.5 Å². The minimum Gasteiger partial charge on any atom is -0.365 e. The molecule has 1 fully saturated rings. The summed E-state index contributed by atoms with van der Waals surface area (Å²) in [6.45, 7) is 0. The molecule has 0 saturated heterocycles. The van der Waals surface area contributed by atoms with Gasteiger partial charge in [-0.2, -0.15) is 0 Å². The summed E-state index contributed by atoms with van der Waals surface area (Å²) >= 11 is 6.76. The predicted octanol–water partition coefficient (Wildman–Crippen LogP) is 2.16. The Labute approximate surface area is 89.6 Å². The van der Waals surface area contributed by atoms with Crippen molar-refractivity contribution in [3.8, 4) is 0 Å². The van der Waals surface area contributed by atoms with Crippen LogP contribution in [-0.2, 0) is 0 Å². The molecule has 0 aromatic heterocycles. The van der Waals surface area contributed by atoms with E-state index in [9.17, 15) is 10.2 Å². The minimum atomic E-state index is -1.55. The molecule has 0 spiro atoms. The van der Waals surface area contributed by atoms with Crippen LogP contribution >= 0.6 is 31.9 Å². The van der Waals surface area contributed by atoms with Crippen LogP contribution in [0.25, 0.3) is 0 Å². The minimum absolute atomic E-state index is 0.160. The van der Waals surface area contributed by atoms with Gasteiger partial charge in [-0.3, -0.25) is 0 Å². The summed E-state index contributed by atoms with van der Waals surface area (Å²) in [5.74, 6) is -1.55. The van der Waals surface area contributed by atoms with Gasteiger partial charge in [0.15, 0.2) is 5.79 Å². The third-order valence-corrected chi connectivity index (χ3v) is 5.35. The summed E-state index contributed by atoms with van der Waals surface area (Å²) in [5, 5.41) is 19.2. The number of halogens is 2. The van der Waals surface area contributed by atoms with Gasteiger partial charge >= 0.3 is 0 Å². The second-order valence-corrected chi connectivity index (χ2v) is 5.56. The molecule has 1 rings (SSSR count). The van der Waals surface area contributed by atoms with Crippen LogP contribution in [0.1, 0.15) is 32.1 Å². The molecule has 1 saturated carbocycles. The Kier molecular flexibility index (Phi) is 4.02. The van der Waals surface area contributed by atoms with Gasteiger partial charge in [-0.15, -0.1) is 0 Å². The Morgan fingerprint density at radius 2 is 1.75 bits per heavy atom. The van der Waals surface area contributed by atoms with E-state index < -0.39 is 5.79 Å². The van der Waals surface area contributed by atoms with Crippen LogP contribution in [0.3, 0.4) is 0 Å². The van der Waals surface area contributed by atoms with E-state index in [1.54, 1.807) is 0 Å². The van der Waals surface area contributed by atoms with Gasteiger partial charge < -0.3 is 10.2 Å². The van der Waals surface area contributed by atoms with E-state index >= 15 is 0 Å². The molecule has 2 N–H and O–H groups in total. The van der Waals surface area contributed by atoms with Crippen molar-refractivity contribution in [1.29, 1.82) is 0 Å². The summed E-state index contributed by atoms with van der Waals surface area (Å²) in [4.78, 5) is -0.0990. The maximum Gasteiger partial charge on any atom is 0.176 e. The van der Waals surface area contributed by atoms with Crippen LogP contribution in [0.4, 0.5) is 0 Å². The molecule has 0 amide bonds. The Bertz CT molecular complexity index is 150. The summed E-state index contributed by atoms with van der Waals surface area (Å²) in [6.07, 6.45) is 4.61. The van der Waals surface area contributed by atoms with E-state index in [2.05, 4.69) is 31.9 Å². The van der Waals surface area contributed by atoms with Gasteiger partial charge in [0.1, 0.15) is 0 Å². The number of rotatable bonds is 0. The fraction of sp³-hybridized carbons (Fsp3) is 1.00. The second kappa shape index (κ2) is 4.40. The van der Waals surface area contributed by atoms with Gasteiger partial charge in [0, 0.05) is 11.2 Å². The fourth-order valence-electron chi connectivity index (χ4n) is 1.48. The lowest BCUT2D eigenvalue weighted by molar-refractivity contribution is -0.166. The second-order valence-electron chi connectivity index (χ2n) is 3.40. The van der Waals surface area contributed by atoms with E-state index in [0.717, 1.165) is 25.7 Å². The van der Waals surface area contributed by atoms with Crippen molar-refractivity contribution in [3.05, 3.63) is 0 Å².